The van der Waals surface area contributed by atoms with Crippen LogP contribution in [0.5, 0.6) is 0 Å². The van der Waals surface area contributed by atoms with Gasteiger partial charge in [0.05, 0.1) is 6.10 Å². The number of hydrogen-bond acceptors (Lipinski definition) is 4. The minimum Gasteiger partial charge on any atom is -0.376 e. The average molecular weight is 309 g/mol. The zero-order chi connectivity index (χ0) is 15.6. The molecule has 2 saturated heterocycles. The first-order valence-electron chi connectivity index (χ1n) is 8.13. The molecule has 0 aromatic rings. The van der Waals surface area contributed by atoms with Crippen LogP contribution in [0.2, 0.25) is 0 Å². The molecule has 1 aliphatic carbocycles. The van der Waals surface area contributed by atoms with E-state index in [9.17, 15) is 14.4 Å². The summed E-state index contributed by atoms with van der Waals surface area (Å²) in [5, 5.41) is 5.55. The molecular weight excluding hydrogens is 286 g/mol. The van der Waals surface area contributed by atoms with Gasteiger partial charge in [-0.25, -0.2) is 4.79 Å². The predicted octanol–water partition coefficient (Wildman–Crippen LogP) is 0.536. The topological polar surface area (TPSA) is 87.7 Å². The first-order chi connectivity index (χ1) is 10.6. The first-order valence-corrected chi connectivity index (χ1v) is 8.13. The van der Waals surface area contributed by atoms with Gasteiger partial charge >= 0.3 is 6.03 Å². The number of carbonyl (C=O) groups is 3. The Morgan fingerprint density at radius 3 is 2.73 bits per heavy atom. The lowest BCUT2D eigenvalue weighted by molar-refractivity contribution is -0.135. The van der Waals surface area contributed by atoms with Crippen molar-refractivity contribution < 1.29 is 19.1 Å². The summed E-state index contributed by atoms with van der Waals surface area (Å²) in [6, 6.07) is -0.445. The molecule has 3 aliphatic rings. The highest BCUT2D eigenvalue weighted by molar-refractivity contribution is 6.09. The van der Waals surface area contributed by atoms with Gasteiger partial charge in [-0.2, -0.15) is 0 Å². The van der Waals surface area contributed by atoms with Crippen LogP contribution in [0.3, 0.4) is 0 Å². The molecule has 3 rings (SSSR count). The molecule has 2 aliphatic heterocycles. The van der Waals surface area contributed by atoms with Crippen molar-refractivity contribution in [3.8, 4) is 0 Å². The Labute approximate surface area is 129 Å². The Hall–Kier alpha value is -1.63. The van der Waals surface area contributed by atoms with Crippen molar-refractivity contribution >= 4 is 17.8 Å². The summed E-state index contributed by atoms with van der Waals surface area (Å²) in [5.74, 6) is -0.559. The fraction of sp³-hybridized carbons (Fsp3) is 0.800. The fourth-order valence-electron chi connectivity index (χ4n) is 3.55. The van der Waals surface area contributed by atoms with E-state index in [4.69, 9.17) is 4.74 Å². The summed E-state index contributed by atoms with van der Waals surface area (Å²) >= 11 is 0. The summed E-state index contributed by atoms with van der Waals surface area (Å²) in [4.78, 5) is 37.6. The number of hydrogen-bond donors (Lipinski definition) is 2. The van der Waals surface area contributed by atoms with Gasteiger partial charge in [0.1, 0.15) is 12.1 Å². The van der Waals surface area contributed by atoms with Crippen LogP contribution in [0.1, 0.15) is 44.9 Å². The molecule has 4 amide bonds. The number of ether oxygens (including phenoxy) is 1. The van der Waals surface area contributed by atoms with Crippen LogP contribution in [-0.4, -0.2) is 54.1 Å². The van der Waals surface area contributed by atoms with E-state index in [0.717, 1.165) is 43.6 Å². The Morgan fingerprint density at radius 2 is 2.05 bits per heavy atom. The number of rotatable bonds is 4. The summed E-state index contributed by atoms with van der Waals surface area (Å²) in [7, 11) is 0. The molecular formula is C15H23N3O4. The van der Waals surface area contributed by atoms with Crippen molar-refractivity contribution in [1.82, 2.24) is 15.5 Å². The number of nitrogens with zero attached hydrogens (tertiary/aromatic N) is 1. The minimum absolute atomic E-state index is 0.0525. The predicted molar refractivity (Wildman–Crippen MR) is 78.0 cm³/mol. The second-order valence-corrected chi connectivity index (χ2v) is 6.40. The second kappa shape index (κ2) is 6.24. The lowest BCUT2D eigenvalue weighted by Crippen LogP contribution is -2.49. The summed E-state index contributed by atoms with van der Waals surface area (Å²) in [6.07, 6.45) is 6.31. The van der Waals surface area contributed by atoms with Crippen LogP contribution in [-0.2, 0) is 14.3 Å². The minimum atomic E-state index is -0.760. The normalized spacial score (nSPS) is 27.3. The highest BCUT2D eigenvalue weighted by Crippen LogP contribution is 2.33. The third-order valence-electron chi connectivity index (χ3n) is 4.81. The molecule has 3 fully saturated rings. The van der Waals surface area contributed by atoms with E-state index >= 15 is 0 Å². The molecule has 0 bridgehead atoms. The quantitative estimate of drug-likeness (QED) is 0.742. The molecule has 0 aromatic heterocycles. The Balaban J connectivity index is 1.54. The summed E-state index contributed by atoms with van der Waals surface area (Å²) < 4.78 is 5.43. The third kappa shape index (κ3) is 2.95. The number of nitrogens with one attached hydrogen (secondary N) is 2. The monoisotopic (exact) mass is 309 g/mol. The van der Waals surface area contributed by atoms with Crippen molar-refractivity contribution in [2.24, 2.45) is 0 Å². The highest BCUT2D eigenvalue weighted by atomic mass is 16.5. The maximum atomic E-state index is 12.5. The van der Waals surface area contributed by atoms with E-state index in [-0.39, 0.29) is 24.5 Å². The first kappa shape index (κ1) is 15.3. The maximum absolute atomic E-state index is 12.5. The van der Waals surface area contributed by atoms with Gasteiger partial charge in [0.2, 0.25) is 5.91 Å². The lowest BCUT2D eigenvalue weighted by Gasteiger charge is -2.30. The van der Waals surface area contributed by atoms with E-state index in [0.29, 0.717) is 19.4 Å². The lowest BCUT2D eigenvalue weighted by atomic mass is 9.82. The SMILES string of the molecule is O=C(CN1C(=O)NC2(CCCCC2)C1=O)NC[C@H]1CCCO1. The van der Waals surface area contributed by atoms with Crippen LogP contribution >= 0.6 is 0 Å². The van der Waals surface area contributed by atoms with Gasteiger partial charge in [0, 0.05) is 13.2 Å². The Morgan fingerprint density at radius 1 is 1.27 bits per heavy atom. The summed E-state index contributed by atoms with van der Waals surface area (Å²) in [5.41, 5.74) is -0.760. The molecule has 0 aromatic carbocycles. The zero-order valence-electron chi connectivity index (χ0n) is 12.7. The maximum Gasteiger partial charge on any atom is 0.325 e. The molecule has 1 atom stereocenters. The van der Waals surface area contributed by atoms with Crippen molar-refractivity contribution in [1.29, 1.82) is 0 Å². The van der Waals surface area contributed by atoms with E-state index in [1.54, 1.807) is 0 Å². The summed E-state index contributed by atoms with van der Waals surface area (Å²) in [6.45, 7) is 0.961. The average Bonchev–Trinajstić information content (AvgIpc) is 3.10. The van der Waals surface area contributed by atoms with Gasteiger partial charge in [-0.15, -0.1) is 0 Å². The highest BCUT2D eigenvalue weighted by Gasteiger charge is 2.51. The van der Waals surface area contributed by atoms with Gasteiger partial charge in [-0.3, -0.25) is 14.5 Å². The Kier molecular flexibility index (Phi) is 4.33. The molecule has 0 unspecified atom stereocenters. The van der Waals surface area contributed by atoms with Crippen LogP contribution in [0.4, 0.5) is 4.79 Å². The van der Waals surface area contributed by atoms with E-state index in [1.807, 2.05) is 0 Å². The van der Waals surface area contributed by atoms with Gasteiger partial charge in [-0.1, -0.05) is 19.3 Å². The number of amides is 4. The zero-order valence-corrected chi connectivity index (χ0v) is 12.7. The van der Waals surface area contributed by atoms with Crippen molar-refractivity contribution in [3.63, 3.8) is 0 Å². The van der Waals surface area contributed by atoms with E-state index in [1.165, 1.54) is 0 Å². The smallest absolute Gasteiger partial charge is 0.325 e. The Bertz CT molecular complexity index is 467. The second-order valence-electron chi connectivity index (χ2n) is 6.40. The van der Waals surface area contributed by atoms with Crippen LogP contribution < -0.4 is 10.6 Å². The molecule has 22 heavy (non-hydrogen) atoms. The number of urea groups is 1. The largest absolute Gasteiger partial charge is 0.376 e. The third-order valence-corrected chi connectivity index (χ3v) is 4.81. The molecule has 7 nitrogen and oxygen atoms in total. The van der Waals surface area contributed by atoms with Gasteiger partial charge in [0.15, 0.2) is 0 Å². The van der Waals surface area contributed by atoms with Crippen molar-refractivity contribution in [2.45, 2.75) is 56.6 Å². The molecule has 2 heterocycles. The van der Waals surface area contributed by atoms with Gasteiger partial charge in [0.25, 0.3) is 5.91 Å². The van der Waals surface area contributed by atoms with Crippen LogP contribution in [0.15, 0.2) is 0 Å². The van der Waals surface area contributed by atoms with Crippen LogP contribution in [0.25, 0.3) is 0 Å². The molecule has 1 saturated carbocycles. The van der Waals surface area contributed by atoms with E-state index in [2.05, 4.69) is 10.6 Å². The fourth-order valence-corrected chi connectivity index (χ4v) is 3.55. The standard InChI is InChI=1S/C15H23N3O4/c19-12(16-9-11-5-4-8-22-11)10-18-13(20)15(17-14(18)21)6-2-1-3-7-15/h11H,1-10H2,(H,16,19)(H,17,21)/t11-/m1/s1. The van der Waals surface area contributed by atoms with E-state index < -0.39 is 11.6 Å². The van der Waals surface area contributed by atoms with Gasteiger partial charge in [-0.05, 0) is 25.7 Å². The van der Waals surface area contributed by atoms with Crippen LogP contribution in [0, 0.1) is 0 Å². The van der Waals surface area contributed by atoms with Crippen molar-refractivity contribution in [2.75, 3.05) is 19.7 Å². The number of carbonyl (C=O) groups excluding carboxylic acids is 3. The van der Waals surface area contributed by atoms with Crippen molar-refractivity contribution in [3.05, 3.63) is 0 Å². The molecule has 1 spiro atoms. The molecule has 0 radical (unpaired) electrons. The molecule has 122 valence electrons. The van der Waals surface area contributed by atoms with Gasteiger partial charge < -0.3 is 15.4 Å². The molecule has 2 N–H and O–H groups in total. The number of imide groups is 1. The molecule has 7 heteroatoms.